The molecule has 2 aromatic rings. The zero-order valence-electron chi connectivity index (χ0n) is 12.3. The van der Waals surface area contributed by atoms with Crippen LogP contribution in [0, 0.1) is 5.92 Å². The first-order valence-corrected chi connectivity index (χ1v) is 7.72. The summed E-state index contributed by atoms with van der Waals surface area (Å²) in [5, 5.41) is 14.2. The molecule has 0 aliphatic rings. The van der Waals surface area contributed by atoms with Crippen molar-refractivity contribution in [1.29, 1.82) is 0 Å². The number of amides is 1. The Morgan fingerprint density at radius 3 is 2.59 bits per heavy atom. The molecule has 2 rings (SSSR count). The van der Waals surface area contributed by atoms with Crippen LogP contribution in [-0.4, -0.2) is 33.0 Å². The second-order valence-corrected chi connectivity index (χ2v) is 6.04. The molecule has 0 saturated carbocycles. The minimum absolute atomic E-state index is 0.0675. The number of carbonyl (C=O) groups is 2. The highest BCUT2D eigenvalue weighted by Gasteiger charge is 2.23. The molecule has 0 aliphatic heterocycles. The maximum Gasteiger partial charge on any atom is 0.326 e. The van der Waals surface area contributed by atoms with E-state index in [0.29, 0.717) is 5.69 Å². The van der Waals surface area contributed by atoms with Crippen molar-refractivity contribution in [2.24, 2.45) is 5.92 Å². The molecular weight excluding hydrogens is 302 g/mol. The van der Waals surface area contributed by atoms with Crippen LogP contribution in [0.3, 0.4) is 0 Å². The number of hydrogen-bond donors (Lipinski definition) is 2. The summed E-state index contributed by atoms with van der Waals surface area (Å²) in [5.41, 5.74) is 1.57. The van der Waals surface area contributed by atoms with E-state index in [0.717, 1.165) is 10.6 Å². The highest BCUT2D eigenvalue weighted by molar-refractivity contribution is 7.13. The SMILES string of the molecule is CC(C)C(NC(=O)Cc1csc(-c2ccncc2)n1)C(=O)O. The molecule has 1 unspecified atom stereocenters. The number of nitrogens with zero attached hydrogens (tertiary/aromatic N) is 2. The Kier molecular flexibility index (Phi) is 5.21. The third-order valence-electron chi connectivity index (χ3n) is 3.07. The molecule has 2 aromatic heterocycles. The molecule has 0 aliphatic carbocycles. The quantitative estimate of drug-likeness (QED) is 0.849. The average molecular weight is 319 g/mol. The second kappa shape index (κ2) is 7.13. The van der Waals surface area contributed by atoms with Crippen molar-refractivity contribution in [2.45, 2.75) is 26.3 Å². The maximum atomic E-state index is 12.0. The Morgan fingerprint density at radius 1 is 1.32 bits per heavy atom. The van der Waals surface area contributed by atoms with Gasteiger partial charge in [0.05, 0.1) is 12.1 Å². The van der Waals surface area contributed by atoms with Gasteiger partial charge in [-0.3, -0.25) is 9.78 Å². The van der Waals surface area contributed by atoms with E-state index < -0.39 is 12.0 Å². The lowest BCUT2D eigenvalue weighted by atomic mass is 10.0. The summed E-state index contributed by atoms with van der Waals surface area (Å²) in [6.07, 6.45) is 3.44. The number of rotatable bonds is 6. The summed E-state index contributed by atoms with van der Waals surface area (Å²) in [6, 6.07) is 2.81. The van der Waals surface area contributed by atoms with Crippen molar-refractivity contribution < 1.29 is 14.7 Å². The van der Waals surface area contributed by atoms with Crippen molar-refractivity contribution in [3.8, 4) is 10.6 Å². The van der Waals surface area contributed by atoms with Gasteiger partial charge < -0.3 is 10.4 Å². The van der Waals surface area contributed by atoms with Gasteiger partial charge in [0, 0.05) is 23.3 Å². The van der Waals surface area contributed by atoms with Crippen LogP contribution in [0.2, 0.25) is 0 Å². The first-order chi connectivity index (χ1) is 10.5. The first kappa shape index (κ1) is 16.1. The van der Waals surface area contributed by atoms with Crippen LogP contribution in [0.4, 0.5) is 0 Å². The molecular formula is C15H17N3O3S. The van der Waals surface area contributed by atoms with E-state index >= 15 is 0 Å². The van der Waals surface area contributed by atoms with E-state index in [9.17, 15) is 9.59 Å². The van der Waals surface area contributed by atoms with E-state index in [1.54, 1.807) is 31.6 Å². The van der Waals surface area contributed by atoms with Gasteiger partial charge in [0.25, 0.3) is 0 Å². The molecule has 2 N–H and O–H groups in total. The third kappa shape index (κ3) is 4.11. The van der Waals surface area contributed by atoms with Crippen LogP contribution in [-0.2, 0) is 16.0 Å². The molecule has 0 bridgehead atoms. The molecule has 22 heavy (non-hydrogen) atoms. The molecule has 0 radical (unpaired) electrons. The molecule has 0 saturated heterocycles. The molecule has 116 valence electrons. The van der Waals surface area contributed by atoms with Gasteiger partial charge in [-0.2, -0.15) is 0 Å². The number of aliphatic carboxylic acids is 1. The van der Waals surface area contributed by atoms with E-state index in [1.165, 1.54) is 11.3 Å². The van der Waals surface area contributed by atoms with Gasteiger partial charge >= 0.3 is 5.97 Å². The van der Waals surface area contributed by atoms with Crippen molar-refractivity contribution in [3.63, 3.8) is 0 Å². The van der Waals surface area contributed by atoms with E-state index in [4.69, 9.17) is 5.11 Å². The second-order valence-electron chi connectivity index (χ2n) is 5.18. The lowest BCUT2D eigenvalue weighted by Crippen LogP contribution is -2.44. The van der Waals surface area contributed by atoms with Crippen LogP contribution >= 0.6 is 11.3 Å². The zero-order chi connectivity index (χ0) is 16.1. The minimum Gasteiger partial charge on any atom is -0.480 e. The first-order valence-electron chi connectivity index (χ1n) is 6.84. The Labute approximate surface area is 132 Å². The fourth-order valence-corrected chi connectivity index (χ4v) is 2.74. The number of aromatic nitrogens is 2. The minimum atomic E-state index is -1.03. The lowest BCUT2D eigenvalue weighted by Gasteiger charge is -2.17. The predicted octanol–water partition coefficient (Wildman–Crippen LogP) is 1.97. The van der Waals surface area contributed by atoms with Crippen LogP contribution in [0.5, 0.6) is 0 Å². The summed E-state index contributed by atoms with van der Waals surface area (Å²) in [7, 11) is 0. The number of thiazole rings is 1. The van der Waals surface area contributed by atoms with Crippen molar-refractivity contribution in [1.82, 2.24) is 15.3 Å². The Hall–Kier alpha value is -2.28. The number of nitrogens with one attached hydrogen (secondary N) is 1. The van der Waals surface area contributed by atoms with Gasteiger partial charge in [-0.05, 0) is 18.1 Å². The lowest BCUT2D eigenvalue weighted by molar-refractivity contribution is -0.143. The fourth-order valence-electron chi connectivity index (χ4n) is 1.92. The summed E-state index contributed by atoms with van der Waals surface area (Å²) in [5.74, 6) is -1.55. The fraction of sp³-hybridized carbons (Fsp3) is 0.333. The molecule has 0 aromatic carbocycles. The Balaban J connectivity index is 2.01. The summed E-state index contributed by atoms with van der Waals surface area (Å²) >= 11 is 1.44. The van der Waals surface area contributed by atoms with Crippen LogP contribution in [0.1, 0.15) is 19.5 Å². The largest absolute Gasteiger partial charge is 0.480 e. The van der Waals surface area contributed by atoms with Gasteiger partial charge in [-0.15, -0.1) is 11.3 Å². The molecule has 1 amide bonds. The van der Waals surface area contributed by atoms with Gasteiger partial charge in [-0.1, -0.05) is 13.8 Å². The van der Waals surface area contributed by atoms with Crippen LogP contribution in [0.25, 0.3) is 10.6 Å². The summed E-state index contributed by atoms with van der Waals surface area (Å²) in [6.45, 7) is 3.51. The Bertz CT molecular complexity index is 655. The van der Waals surface area contributed by atoms with Crippen molar-refractivity contribution in [3.05, 3.63) is 35.6 Å². The number of carboxylic acid groups (broad SMARTS) is 1. The smallest absolute Gasteiger partial charge is 0.326 e. The standard InChI is InChI=1S/C15H17N3O3S/c1-9(2)13(15(20)21)18-12(19)7-11-8-22-14(17-11)10-3-5-16-6-4-10/h3-6,8-9,13H,7H2,1-2H3,(H,18,19)(H,20,21). The van der Waals surface area contributed by atoms with Gasteiger partial charge in [0.15, 0.2) is 0 Å². The van der Waals surface area contributed by atoms with E-state index in [2.05, 4.69) is 15.3 Å². The van der Waals surface area contributed by atoms with Crippen LogP contribution < -0.4 is 5.32 Å². The molecule has 6 nitrogen and oxygen atoms in total. The molecule has 1 atom stereocenters. The normalized spacial score (nSPS) is 12.1. The number of carbonyl (C=O) groups excluding carboxylic acids is 1. The number of hydrogen-bond acceptors (Lipinski definition) is 5. The van der Waals surface area contributed by atoms with Gasteiger partial charge in [0.2, 0.25) is 5.91 Å². The molecule has 0 spiro atoms. The predicted molar refractivity (Wildman–Crippen MR) is 83.5 cm³/mol. The topological polar surface area (TPSA) is 92.2 Å². The average Bonchev–Trinajstić information content (AvgIpc) is 2.93. The number of carboxylic acids is 1. The zero-order valence-corrected chi connectivity index (χ0v) is 13.1. The summed E-state index contributed by atoms with van der Waals surface area (Å²) < 4.78 is 0. The van der Waals surface area contributed by atoms with E-state index in [1.807, 2.05) is 12.1 Å². The Morgan fingerprint density at radius 2 is 2.00 bits per heavy atom. The third-order valence-corrected chi connectivity index (χ3v) is 4.01. The highest BCUT2D eigenvalue weighted by atomic mass is 32.1. The van der Waals surface area contributed by atoms with Gasteiger partial charge in [-0.25, -0.2) is 9.78 Å². The molecule has 0 fully saturated rings. The van der Waals surface area contributed by atoms with E-state index in [-0.39, 0.29) is 18.2 Å². The highest BCUT2D eigenvalue weighted by Crippen LogP contribution is 2.23. The molecule has 7 heteroatoms. The van der Waals surface area contributed by atoms with Crippen molar-refractivity contribution in [2.75, 3.05) is 0 Å². The van der Waals surface area contributed by atoms with Gasteiger partial charge in [0.1, 0.15) is 11.0 Å². The monoisotopic (exact) mass is 319 g/mol. The molecule has 2 heterocycles. The summed E-state index contributed by atoms with van der Waals surface area (Å²) in [4.78, 5) is 31.4. The van der Waals surface area contributed by atoms with Crippen molar-refractivity contribution >= 4 is 23.2 Å². The van der Waals surface area contributed by atoms with Crippen LogP contribution in [0.15, 0.2) is 29.9 Å². The maximum absolute atomic E-state index is 12.0. The number of pyridine rings is 1.